The van der Waals surface area contributed by atoms with E-state index in [0.29, 0.717) is 0 Å². The highest BCUT2D eigenvalue weighted by molar-refractivity contribution is 4.90. The number of rotatable bonds is 5. The smallest absolute Gasteiger partial charge is 0.0224 e. The predicted octanol–water partition coefficient (Wildman–Crippen LogP) is 0.622. The van der Waals surface area contributed by atoms with Gasteiger partial charge in [-0.05, 0) is 65.5 Å². The Hall–Kier alpha value is -0.120. The highest BCUT2D eigenvalue weighted by Gasteiger charge is 2.33. The lowest BCUT2D eigenvalue weighted by Crippen LogP contribution is -2.56. The molecule has 3 nitrogen and oxygen atoms in total. The Kier molecular flexibility index (Phi) is 4.00. The first-order valence-corrected chi connectivity index (χ1v) is 6.36. The van der Waals surface area contributed by atoms with Crippen molar-refractivity contribution in [2.24, 2.45) is 5.92 Å². The minimum Gasteiger partial charge on any atom is -0.312 e. The van der Waals surface area contributed by atoms with Gasteiger partial charge in [-0.1, -0.05) is 0 Å². The molecule has 0 aromatic rings. The van der Waals surface area contributed by atoms with Gasteiger partial charge >= 0.3 is 0 Å². The van der Waals surface area contributed by atoms with Gasteiger partial charge in [-0.3, -0.25) is 0 Å². The molecule has 1 atom stereocenters. The van der Waals surface area contributed by atoms with Crippen LogP contribution in [-0.4, -0.2) is 62.7 Å². The van der Waals surface area contributed by atoms with Crippen molar-refractivity contribution in [2.75, 3.05) is 46.8 Å². The molecule has 3 fully saturated rings. The lowest BCUT2D eigenvalue weighted by molar-refractivity contribution is 0.0725. The summed E-state index contributed by atoms with van der Waals surface area (Å²) in [6, 6.07) is 0.787. The zero-order valence-corrected chi connectivity index (χ0v) is 10.2. The van der Waals surface area contributed by atoms with Crippen LogP contribution in [0, 0.1) is 5.92 Å². The van der Waals surface area contributed by atoms with Gasteiger partial charge in [0.25, 0.3) is 0 Å². The average Bonchev–Trinajstić information content (AvgIpc) is 2.26. The third-order valence-corrected chi connectivity index (χ3v) is 3.84. The number of hydrogen-bond donors (Lipinski definition) is 1. The lowest BCUT2D eigenvalue weighted by atomic mass is 9.84. The van der Waals surface area contributed by atoms with Crippen molar-refractivity contribution in [2.45, 2.75) is 25.3 Å². The summed E-state index contributed by atoms with van der Waals surface area (Å²) in [7, 11) is 4.29. The number of piperidine rings is 3. The van der Waals surface area contributed by atoms with Crippen LogP contribution in [-0.2, 0) is 0 Å². The molecule has 88 valence electrons. The van der Waals surface area contributed by atoms with Crippen LogP contribution in [0.15, 0.2) is 0 Å². The Balaban J connectivity index is 1.63. The van der Waals surface area contributed by atoms with Gasteiger partial charge < -0.3 is 15.1 Å². The molecule has 3 heterocycles. The average molecular weight is 211 g/mol. The Morgan fingerprint density at radius 3 is 2.53 bits per heavy atom. The summed E-state index contributed by atoms with van der Waals surface area (Å²) < 4.78 is 0. The van der Waals surface area contributed by atoms with E-state index >= 15 is 0 Å². The lowest BCUT2D eigenvalue weighted by Gasteiger charge is -2.45. The fraction of sp³-hybridized carbons (Fsp3) is 1.00. The highest BCUT2D eigenvalue weighted by atomic mass is 15.2. The second-order valence-corrected chi connectivity index (χ2v) is 5.36. The largest absolute Gasteiger partial charge is 0.312 e. The first-order valence-electron chi connectivity index (χ1n) is 6.36. The van der Waals surface area contributed by atoms with Crippen LogP contribution in [0.4, 0.5) is 0 Å². The van der Waals surface area contributed by atoms with E-state index in [1.54, 1.807) is 0 Å². The number of hydrogen-bond acceptors (Lipinski definition) is 3. The molecule has 0 aliphatic carbocycles. The molecule has 0 radical (unpaired) electrons. The van der Waals surface area contributed by atoms with E-state index in [0.717, 1.165) is 12.0 Å². The maximum atomic E-state index is 3.74. The summed E-state index contributed by atoms with van der Waals surface area (Å²) in [5.41, 5.74) is 0. The molecule has 2 bridgehead atoms. The van der Waals surface area contributed by atoms with Gasteiger partial charge in [0.15, 0.2) is 0 Å². The van der Waals surface area contributed by atoms with Crippen molar-refractivity contribution in [3.05, 3.63) is 0 Å². The third-order valence-electron chi connectivity index (χ3n) is 3.84. The summed E-state index contributed by atoms with van der Waals surface area (Å²) in [6.45, 7) is 6.38. The van der Waals surface area contributed by atoms with E-state index < -0.39 is 0 Å². The van der Waals surface area contributed by atoms with Crippen molar-refractivity contribution < 1.29 is 0 Å². The number of nitrogens with one attached hydrogen (secondary N) is 1. The van der Waals surface area contributed by atoms with Gasteiger partial charge in [0.05, 0.1) is 0 Å². The molecule has 0 aromatic heterocycles. The van der Waals surface area contributed by atoms with Crippen LogP contribution in [0.2, 0.25) is 0 Å². The molecular weight excluding hydrogens is 186 g/mol. The standard InChI is InChI=1S/C12H25N3/c1-14(2)7-3-6-13-12-10-15-8-4-11(12)5-9-15/h11-13H,3-10H2,1-2H3. The molecule has 1 N–H and O–H groups in total. The van der Waals surface area contributed by atoms with Crippen molar-refractivity contribution in [1.82, 2.24) is 15.1 Å². The van der Waals surface area contributed by atoms with Crippen molar-refractivity contribution >= 4 is 0 Å². The molecule has 3 saturated heterocycles. The Bertz CT molecular complexity index is 185. The van der Waals surface area contributed by atoms with Crippen LogP contribution >= 0.6 is 0 Å². The van der Waals surface area contributed by atoms with Crippen molar-refractivity contribution in [3.63, 3.8) is 0 Å². The van der Waals surface area contributed by atoms with Gasteiger partial charge in [0.2, 0.25) is 0 Å². The Morgan fingerprint density at radius 1 is 1.27 bits per heavy atom. The van der Waals surface area contributed by atoms with E-state index in [2.05, 4.69) is 29.2 Å². The van der Waals surface area contributed by atoms with E-state index in [4.69, 9.17) is 0 Å². The van der Waals surface area contributed by atoms with E-state index in [1.165, 1.54) is 52.0 Å². The van der Waals surface area contributed by atoms with Crippen molar-refractivity contribution in [1.29, 1.82) is 0 Å². The molecule has 3 aliphatic heterocycles. The second-order valence-electron chi connectivity index (χ2n) is 5.36. The first kappa shape index (κ1) is 11.4. The summed E-state index contributed by atoms with van der Waals surface area (Å²) >= 11 is 0. The number of fused-ring (bicyclic) bond motifs is 3. The summed E-state index contributed by atoms with van der Waals surface area (Å²) in [5.74, 6) is 0.967. The fourth-order valence-electron chi connectivity index (χ4n) is 2.88. The van der Waals surface area contributed by atoms with Gasteiger partial charge in [-0.15, -0.1) is 0 Å². The van der Waals surface area contributed by atoms with Crippen molar-refractivity contribution in [3.8, 4) is 0 Å². The molecular formula is C12H25N3. The predicted molar refractivity (Wildman–Crippen MR) is 64.1 cm³/mol. The zero-order valence-electron chi connectivity index (χ0n) is 10.2. The minimum absolute atomic E-state index is 0.787. The normalized spacial score (nSPS) is 35.0. The van der Waals surface area contributed by atoms with Gasteiger partial charge in [-0.25, -0.2) is 0 Å². The molecule has 1 unspecified atom stereocenters. The van der Waals surface area contributed by atoms with Crippen LogP contribution in [0.5, 0.6) is 0 Å². The molecule has 3 rings (SSSR count). The van der Waals surface area contributed by atoms with Crippen LogP contribution in [0.3, 0.4) is 0 Å². The van der Waals surface area contributed by atoms with Crippen LogP contribution < -0.4 is 5.32 Å². The SMILES string of the molecule is CN(C)CCCNC1CN2CCC1CC2. The monoisotopic (exact) mass is 211 g/mol. The van der Waals surface area contributed by atoms with Crippen LogP contribution in [0.25, 0.3) is 0 Å². The van der Waals surface area contributed by atoms with Crippen LogP contribution in [0.1, 0.15) is 19.3 Å². The summed E-state index contributed by atoms with van der Waals surface area (Å²) in [6.07, 6.45) is 4.12. The summed E-state index contributed by atoms with van der Waals surface area (Å²) in [5, 5.41) is 3.74. The second kappa shape index (κ2) is 5.28. The van der Waals surface area contributed by atoms with Gasteiger partial charge in [0, 0.05) is 12.6 Å². The van der Waals surface area contributed by atoms with Gasteiger partial charge in [0.1, 0.15) is 0 Å². The van der Waals surface area contributed by atoms with Gasteiger partial charge in [-0.2, -0.15) is 0 Å². The quantitative estimate of drug-likeness (QED) is 0.673. The number of nitrogens with zero attached hydrogens (tertiary/aromatic N) is 2. The molecule has 0 spiro atoms. The maximum Gasteiger partial charge on any atom is 0.0224 e. The molecule has 0 aromatic carbocycles. The minimum atomic E-state index is 0.787. The molecule has 0 amide bonds. The topological polar surface area (TPSA) is 18.5 Å². The van der Waals surface area contributed by atoms with E-state index in [9.17, 15) is 0 Å². The maximum absolute atomic E-state index is 3.74. The Labute approximate surface area is 93.8 Å². The Morgan fingerprint density at radius 2 is 2.00 bits per heavy atom. The molecule has 3 heteroatoms. The van der Waals surface area contributed by atoms with E-state index in [-0.39, 0.29) is 0 Å². The molecule has 0 saturated carbocycles. The molecule has 15 heavy (non-hydrogen) atoms. The zero-order chi connectivity index (χ0) is 10.7. The first-order chi connectivity index (χ1) is 7.25. The molecule has 3 aliphatic rings. The third kappa shape index (κ3) is 3.16. The summed E-state index contributed by atoms with van der Waals surface area (Å²) in [4.78, 5) is 4.88. The van der Waals surface area contributed by atoms with E-state index in [1.807, 2.05) is 0 Å². The highest BCUT2D eigenvalue weighted by Crippen LogP contribution is 2.27. The fourth-order valence-corrected chi connectivity index (χ4v) is 2.88.